The van der Waals surface area contributed by atoms with Gasteiger partial charge in [0.25, 0.3) is 5.91 Å². The van der Waals surface area contributed by atoms with Gasteiger partial charge in [-0.05, 0) is 30.7 Å². The Morgan fingerprint density at radius 3 is 2.53 bits per heavy atom. The minimum Gasteiger partial charge on any atom is -0.493 e. The van der Waals surface area contributed by atoms with Gasteiger partial charge in [-0.1, -0.05) is 0 Å². The maximum Gasteiger partial charge on any atom is 0.270 e. The van der Waals surface area contributed by atoms with Crippen molar-refractivity contribution in [3.63, 3.8) is 0 Å². The van der Waals surface area contributed by atoms with Crippen molar-refractivity contribution in [2.45, 2.75) is 19.8 Å². The molecule has 0 bridgehead atoms. The Labute approximate surface area is 171 Å². The molecule has 1 fully saturated rings. The maximum atomic E-state index is 12.3. The third-order valence-electron chi connectivity index (χ3n) is 4.70. The SMILES string of the molecule is CC(=O)N(c1ccc(-c2ncc(C(=O)n3ccnc3)c(O)n2)cc1)N1CCCC1=O. The number of nitrogens with zero attached hydrogens (tertiary/aromatic N) is 6. The Bertz CT molecular complexity index is 1110. The predicted molar refractivity (Wildman–Crippen MR) is 105 cm³/mol. The van der Waals surface area contributed by atoms with E-state index in [-0.39, 0.29) is 23.2 Å². The third-order valence-corrected chi connectivity index (χ3v) is 4.70. The summed E-state index contributed by atoms with van der Waals surface area (Å²) in [6.07, 6.45) is 6.60. The number of hydrazine groups is 1. The lowest BCUT2D eigenvalue weighted by Crippen LogP contribution is -2.46. The quantitative estimate of drug-likeness (QED) is 0.699. The van der Waals surface area contributed by atoms with Crippen LogP contribution in [0.1, 0.15) is 30.1 Å². The Morgan fingerprint density at radius 2 is 1.97 bits per heavy atom. The summed E-state index contributed by atoms with van der Waals surface area (Å²) in [6.45, 7) is 1.89. The Hall–Kier alpha value is -4.08. The van der Waals surface area contributed by atoms with Crippen molar-refractivity contribution in [2.75, 3.05) is 11.6 Å². The van der Waals surface area contributed by atoms with Crippen LogP contribution in [-0.2, 0) is 9.59 Å². The van der Waals surface area contributed by atoms with Crippen LogP contribution in [-0.4, -0.2) is 53.9 Å². The standard InChI is InChI=1S/C20H18N6O4/c1-13(27)26(25-9-2-3-17(25)28)15-6-4-14(5-7-15)18-22-11-16(19(29)23-18)20(30)24-10-8-21-12-24/h4-8,10-12H,2-3,9H2,1H3,(H,22,23,29). The Morgan fingerprint density at radius 1 is 1.20 bits per heavy atom. The molecule has 1 aliphatic heterocycles. The molecule has 0 saturated carbocycles. The fraction of sp³-hybridized carbons (Fsp3) is 0.200. The molecule has 10 heteroatoms. The molecule has 2 aromatic heterocycles. The first kappa shape index (κ1) is 19.2. The van der Waals surface area contributed by atoms with E-state index in [0.29, 0.717) is 30.6 Å². The molecule has 3 heterocycles. The largest absolute Gasteiger partial charge is 0.493 e. The summed E-state index contributed by atoms with van der Waals surface area (Å²) in [7, 11) is 0. The molecule has 1 N–H and O–H groups in total. The van der Waals surface area contributed by atoms with E-state index < -0.39 is 11.8 Å². The van der Waals surface area contributed by atoms with Gasteiger partial charge in [0.15, 0.2) is 5.82 Å². The molecule has 10 nitrogen and oxygen atoms in total. The number of hydrogen-bond donors (Lipinski definition) is 1. The number of aromatic nitrogens is 4. The van der Waals surface area contributed by atoms with Gasteiger partial charge < -0.3 is 5.11 Å². The molecule has 3 aromatic rings. The van der Waals surface area contributed by atoms with Gasteiger partial charge in [0, 0.05) is 44.0 Å². The Kier molecular flexibility index (Phi) is 4.97. The fourth-order valence-corrected chi connectivity index (χ4v) is 3.27. The molecule has 1 aromatic carbocycles. The predicted octanol–water partition coefficient (Wildman–Crippen LogP) is 1.62. The van der Waals surface area contributed by atoms with Crippen molar-refractivity contribution in [1.82, 2.24) is 24.5 Å². The number of aromatic hydroxyl groups is 1. The molecule has 1 saturated heterocycles. The average Bonchev–Trinajstić information content (AvgIpc) is 3.41. The monoisotopic (exact) mass is 406 g/mol. The van der Waals surface area contributed by atoms with Crippen molar-refractivity contribution in [3.05, 3.63) is 54.7 Å². The van der Waals surface area contributed by atoms with Gasteiger partial charge >= 0.3 is 0 Å². The molecule has 0 unspecified atom stereocenters. The first-order chi connectivity index (χ1) is 14.5. The summed E-state index contributed by atoms with van der Waals surface area (Å²) in [5.41, 5.74) is 1.06. The van der Waals surface area contributed by atoms with Gasteiger partial charge in [0.2, 0.25) is 17.7 Å². The van der Waals surface area contributed by atoms with Crippen LogP contribution in [0.4, 0.5) is 5.69 Å². The number of benzene rings is 1. The van der Waals surface area contributed by atoms with Crippen LogP contribution >= 0.6 is 0 Å². The van der Waals surface area contributed by atoms with E-state index in [1.165, 1.54) is 46.4 Å². The van der Waals surface area contributed by atoms with Crippen LogP contribution in [0.3, 0.4) is 0 Å². The molecule has 2 amide bonds. The van der Waals surface area contributed by atoms with E-state index in [9.17, 15) is 19.5 Å². The van der Waals surface area contributed by atoms with Crippen molar-refractivity contribution < 1.29 is 19.5 Å². The van der Waals surface area contributed by atoms with Crippen molar-refractivity contribution >= 4 is 23.4 Å². The first-order valence-corrected chi connectivity index (χ1v) is 9.26. The molecule has 0 atom stereocenters. The van der Waals surface area contributed by atoms with Crippen LogP contribution in [0.2, 0.25) is 0 Å². The van der Waals surface area contributed by atoms with Crippen molar-refractivity contribution in [3.8, 4) is 17.3 Å². The minimum atomic E-state index is -0.501. The van der Waals surface area contributed by atoms with Crippen LogP contribution in [0, 0.1) is 0 Å². The first-order valence-electron chi connectivity index (χ1n) is 9.26. The molecule has 1 aliphatic rings. The van der Waals surface area contributed by atoms with Crippen LogP contribution in [0.15, 0.2) is 49.2 Å². The van der Waals surface area contributed by atoms with E-state index in [4.69, 9.17) is 0 Å². The normalized spacial score (nSPS) is 13.5. The third kappa shape index (κ3) is 3.50. The highest BCUT2D eigenvalue weighted by atomic mass is 16.3. The van der Waals surface area contributed by atoms with Crippen molar-refractivity contribution in [2.24, 2.45) is 0 Å². The highest BCUT2D eigenvalue weighted by Crippen LogP contribution is 2.26. The van der Waals surface area contributed by atoms with Gasteiger partial charge in [0.05, 0.1) is 5.69 Å². The van der Waals surface area contributed by atoms with Gasteiger partial charge in [0.1, 0.15) is 11.9 Å². The number of anilines is 1. The second kappa shape index (κ2) is 7.74. The van der Waals surface area contributed by atoms with E-state index >= 15 is 0 Å². The summed E-state index contributed by atoms with van der Waals surface area (Å²) in [4.78, 5) is 48.5. The van der Waals surface area contributed by atoms with Gasteiger partial charge in [-0.15, -0.1) is 0 Å². The molecule has 0 radical (unpaired) electrons. The zero-order valence-electron chi connectivity index (χ0n) is 16.1. The lowest BCUT2D eigenvalue weighted by Gasteiger charge is -2.30. The average molecular weight is 406 g/mol. The number of carbonyl (C=O) groups excluding carboxylic acids is 3. The molecule has 0 aliphatic carbocycles. The summed E-state index contributed by atoms with van der Waals surface area (Å²) in [5, 5.41) is 13.0. The number of hydrogen-bond acceptors (Lipinski definition) is 7. The minimum absolute atomic E-state index is 0.0522. The molecule has 152 valence electrons. The number of rotatable bonds is 4. The maximum absolute atomic E-state index is 12.3. The smallest absolute Gasteiger partial charge is 0.270 e. The molecular weight excluding hydrogens is 388 g/mol. The fourth-order valence-electron chi connectivity index (χ4n) is 3.27. The number of amides is 2. The van der Waals surface area contributed by atoms with Crippen LogP contribution < -0.4 is 5.01 Å². The lowest BCUT2D eigenvalue weighted by atomic mass is 10.2. The van der Waals surface area contributed by atoms with Gasteiger partial charge in [-0.2, -0.15) is 4.98 Å². The molecule has 30 heavy (non-hydrogen) atoms. The van der Waals surface area contributed by atoms with Crippen molar-refractivity contribution in [1.29, 1.82) is 0 Å². The topological polar surface area (TPSA) is 122 Å². The summed E-state index contributed by atoms with van der Waals surface area (Å²) < 4.78 is 1.21. The summed E-state index contributed by atoms with van der Waals surface area (Å²) in [6, 6.07) is 6.70. The highest BCUT2D eigenvalue weighted by molar-refractivity contribution is 5.98. The number of imidazole rings is 1. The van der Waals surface area contributed by atoms with Gasteiger partial charge in [-0.25, -0.2) is 20.0 Å². The second-order valence-electron chi connectivity index (χ2n) is 6.70. The Balaban J connectivity index is 1.59. The van der Waals surface area contributed by atoms with E-state index in [2.05, 4.69) is 15.0 Å². The number of carbonyl (C=O) groups is 3. The van der Waals surface area contributed by atoms with E-state index in [1.807, 2.05) is 0 Å². The van der Waals surface area contributed by atoms with Gasteiger partial charge in [-0.3, -0.25) is 19.0 Å². The molecule has 0 spiro atoms. The zero-order chi connectivity index (χ0) is 21.3. The summed E-state index contributed by atoms with van der Waals surface area (Å²) >= 11 is 0. The highest BCUT2D eigenvalue weighted by Gasteiger charge is 2.29. The van der Waals surface area contributed by atoms with E-state index in [1.54, 1.807) is 24.3 Å². The van der Waals surface area contributed by atoms with Crippen LogP contribution in [0.25, 0.3) is 11.4 Å². The van der Waals surface area contributed by atoms with Crippen LogP contribution in [0.5, 0.6) is 5.88 Å². The van der Waals surface area contributed by atoms with E-state index in [0.717, 1.165) is 0 Å². The molecule has 4 rings (SSSR count). The second-order valence-corrected chi connectivity index (χ2v) is 6.70. The molecular formula is C20H18N6O4. The zero-order valence-corrected chi connectivity index (χ0v) is 16.1. The lowest BCUT2D eigenvalue weighted by molar-refractivity contribution is -0.133. The summed E-state index contributed by atoms with van der Waals surface area (Å²) in [5.74, 6) is -1.10.